The Morgan fingerprint density at radius 3 is 2.24 bits per heavy atom. The second-order valence-corrected chi connectivity index (χ2v) is 10.1. The molecule has 2 aromatic carbocycles. The fourth-order valence-electron chi connectivity index (χ4n) is 3.26. The van der Waals surface area contributed by atoms with E-state index in [4.69, 9.17) is 10.5 Å². The van der Waals surface area contributed by atoms with Crippen LogP contribution in [0.2, 0.25) is 0 Å². The largest absolute Gasteiger partial charge is 0.497 e. The maximum Gasteiger partial charge on any atom is 0.231 e. The lowest BCUT2D eigenvalue weighted by Gasteiger charge is -2.29. The second kappa shape index (κ2) is 8.04. The highest BCUT2D eigenvalue weighted by molar-refractivity contribution is 7.92. The number of benzene rings is 2. The number of nitrogens with zero attached hydrogens (tertiary/aromatic N) is 2. The normalized spacial score (nSPS) is 13.7. The number of hydrogen-bond acceptors (Lipinski definition) is 6. The van der Waals surface area contributed by atoms with Gasteiger partial charge in [-0.2, -0.15) is 0 Å². The molecule has 0 aliphatic carbocycles. The average Bonchev–Trinajstić information content (AvgIpc) is 3.14. The first-order valence-electron chi connectivity index (χ1n) is 9.02. The van der Waals surface area contributed by atoms with Crippen LogP contribution >= 0.6 is 11.3 Å². The molecule has 0 bridgehead atoms. The van der Waals surface area contributed by atoms with Gasteiger partial charge in [-0.05, 0) is 48.7 Å². The maximum atomic E-state index is 11.8. The summed E-state index contributed by atoms with van der Waals surface area (Å²) in [5.74, 6) is 0.794. The molecule has 0 aliphatic heterocycles. The van der Waals surface area contributed by atoms with E-state index in [0.717, 1.165) is 22.6 Å². The summed E-state index contributed by atoms with van der Waals surface area (Å²) in [6, 6.07) is 15.5. The lowest BCUT2D eigenvalue weighted by molar-refractivity contribution is 0.414. The number of hydrogen-bond donors (Lipinski definition) is 1. The Morgan fingerprint density at radius 2 is 1.76 bits per heavy atom. The molecule has 0 saturated heterocycles. The Balaban J connectivity index is 1.97. The van der Waals surface area contributed by atoms with E-state index in [2.05, 4.69) is 11.9 Å². The van der Waals surface area contributed by atoms with Gasteiger partial charge < -0.3 is 10.5 Å². The Bertz CT molecular complexity index is 1080. The first-order chi connectivity index (χ1) is 13.6. The van der Waals surface area contributed by atoms with E-state index >= 15 is 0 Å². The zero-order valence-corrected chi connectivity index (χ0v) is 18.5. The van der Waals surface area contributed by atoms with E-state index < -0.39 is 15.4 Å². The van der Waals surface area contributed by atoms with Gasteiger partial charge in [0.2, 0.25) is 10.0 Å². The van der Waals surface area contributed by atoms with Gasteiger partial charge in [0.15, 0.2) is 5.13 Å². The Hall–Kier alpha value is -2.58. The van der Waals surface area contributed by atoms with Crippen molar-refractivity contribution < 1.29 is 13.2 Å². The zero-order chi connectivity index (χ0) is 21.2. The van der Waals surface area contributed by atoms with Crippen LogP contribution in [0.3, 0.4) is 0 Å². The number of anilines is 2. The number of nitrogens with two attached hydrogens (primary N) is 1. The molecule has 0 amide bonds. The van der Waals surface area contributed by atoms with Crippen LogP contribution in [-0.4, -0.2) is 33.8 Å². The van der Waals surface area contributed by atoms with Gasteiger partial charge in [0.25, 0.3) is 0 Å². The van der Waals surface area contributed by atoms with Crippen LogP contribution in [0.4, 0.5) is 10.8 Å². The van der Waals surface area contributed by atoms with E-state index in [0.29, 0.717) is 17.2 Å². The molecule has 0 radical (unpaired) electrons. The summed E-state index contributed by atoms with van der Waals surface area (Å²) in [5.41, 5.74) is 9.21. The molecule has 0 aliphatic rings. The van der Waals surface area contributed by atoms with Crippen LogP contribution in [0, 0.1) is 0 Å². The van der Waals surface area contributed by atoms with Crippen molar-refractivity contribution in [1.82, 2.24) is 4.98 Å². The number of methoxy groups -OCH3 is 1. The van der Waals surface area contributed by atoms with Gasteiger partial charge in [-0.1, -0.05) is 24.3 Å². The van der Waals surface area contributed by atoms with E-state index in [1.165, 1.54) is 21.9 Å². The third kappa shape index (κ3) is 4.54. The minimum atomic E-state index is -3.29. The highest BCUT2D eigenvalue weighted by Gasteiger charge is 2.32. The first kappa shape index (κ1) is 21.1. The molecule has 1 unspecified atom stereocenters. The van der Waals surface area contributed by atoms with Gasteiger partial charge in [0.05, 0.1) is 24.7 Å². The van der Waals surface area contributed by atoms with Crippen molar-refractivity contribution in [3.8, 4) is 5.75 Å². The standard InChI is InChI=1S/C21H25N3O3S2/c1-21(19-14-28-20(22)23-19,16-7-11-18(27-3)12-8-16)13-15-5-9-17(10-6-15)24(2)29(4,25)26/h5-12,14H,13H2,1-4H3,(H2,22,23). The van der Waals surface area contributed by atoms with Crippen LogP contribution in [-0.2, 0) is 21.9 Å². The van der Waals surface area contributed by atoms with Crippen molar-refractivity contribution >= 4 is 32.2 Å². The fraction of sp³-hybridized carbons (Fsp3) is 0.286. The quantitative estimate of drug-likeness (QED) is 0.617. The molecule has 8 heteroatoms. The first-order valence-corrected chi connectivity index (χ1v) is 11.7. The average molecular weight is 432 g/mol. The smallest absolute Gasteiger partial charge is 0.231 e. The van der Waals surface area contributed by atoms with Crippen molar-refractivity contribution in [2.75, 3.05) is 30.5 Å². The lowest BCUT2D eigenvalue weighted by atomic mass is 9.75. The van der Waals surface area contributed by atoms with Crippen molar-refractivity contribution in [3.05, 3.63) is 70.7 Å². The van der Waals surface area contributed by atoms with Crippen LogP contribution < -0.4 is 14.8 Å². The third-order valence-electron chi connectivity index (χ3n) is 5.17. The molecule has 1 atom stereocenters. The van der Waals surface area contributed by atoms with Crippen molar-refractivity contribution in [2.45, 2.75) is 18.8 Å². The SMILES string of the molecule is COc1ccc(C(C)(Cc2ccc(N(C)S(C)(=O)=O)cc2)c2csc(N)n2)cc1. The number of rotatable bonds is 7. The van der Waals surface area contributed by atoms with Gasteiger partial charge in [-0.25, -0.2) is 13.4 Å². The number of nitrogen functional groups attached to an aromatic ring is 1. The number of thiazole rings is 1. The summed E-state index contributed by atoms with van der Waals surface area (Å²) in [6.45, 7) is 2.14. The molecule has 1 aromatic heterocycles. The van der Waals surface area contributed by atoms with E-state index in [-0.39, 0.29) is 0 Å². The summed E-state index contributed by atoms with van der Waals surface area (Å²) < 4.78 is 30.1. The Morgan fingerprint density at radius 1 is 1.14 bits per heavy atom. The topological polar surface area (TPSA) is 85.5 Å². The molecular formula is C21H25N3O3S2. The van der Waals surface area contributed by atoms with Crippen LogP contribution in [0.5, 0.6) is 5.75 Å². The Labute approximate surface area is 176 Å². The summed E-state index contributed by atoms with van der Waals surface area (Å²) >= 11 is 1.42. The van der Waals surface area contributed by atoms with Gasteiger partial charge in [0, 0.05) is 17.8 Å². The Kier molecular flexibility index (Phi) is 5.86. The fourth-order valence-corrected chi connectivity index (χ4v) is 4.46. The molecular weight excluding hydrogens is 406 g/mol. The van der Waals surface area contributed by atoms with Crippen molar-refractivity contribution in [2.24, 2.45) is 0 Å². The van der Waals surface area contributed by atoms with Crippen molar-refractivity contribution in [1.29, 1.82) is 0 Å². The monoisotopic (exact) mass is 431 g/mol. The molecule has 1 heterocycles. The van der Waals surface area contributed by atoms with Crippen LogP contribution in [0.15, 0.2) is 53.9 Å². The molecule has 0 saturated carbocycles. The summed E-state index contributed by atoms with van der Waals surface area (Å²) in [4.78, 5) is 4.55. The summed E-state index contributed by atoms with van der Waals surface area (Å²) in [7, 11) is -0.106. The molecule has 2 N–H and O–H groups in total. The summed E-state index contributed by atoms with van der Waals surface area (Å²) in [5, 5.41) is 2.52. The van der Waals surface area contributed by atoms with Crippen molar-refractivity contribution in [3.63, 3.8) is 0 Å². The highest BCUT2D eigenvalue weighted by Crippen LogP contribution is 2.37. The van der Waals surface area contributed by atoms with Gasteiger partial charge in [-0.15, -0.1) is 11.3 Å². The molecule has 29 heavy (non-hydrogen) atoms. The predicted octanol–water partition coefficient (Wildman–Crippen LogP) is 3.68. The van der Waals surface area contributed by atoms with Gasteiger partial charge >= 0.3 is 0 Å². The summed E-state index contributed by atoms with van der Waals surface area (Å²) in [6.07, 6.45) is 1.87. The molecule has 3 rings (SSSR count). The van der Waals surface area contributed by atoms with Crippen LogP contribution in [0.1, 0.15) is 23.7 Å². The number of aromatic nitrogens is 1. The minimum absolute atomic E-state index is 0.398. The zero-order valence-electron chi connectivity index (χ0n) is 16.9. The second-order valence-electron chi connectivity index (χ2n) is 7.21. The molecule has 0 fully saturated rings. The van der Waals surface area contributed by atoms with Gasteiger partial charge in [0.1, 0.15) is 5.75 Å². The minimum Gasteiger partial charge on any atom is -0.497 e. The number of sulfonamides is 1. The van der Waals surface area contributed by atoms with E-state index in [9.17, 15) is 8.42 Å². The number of ether oxygens (including phenoxy) is 1. The van der Waals surface area contributed by atoms with Crippen LogP contribution in [0.25, 0.3) is 0 Å². The maximum absolute atomic E-state index is 11.8. The van der Waals surface area contributed by atoms with Gasteiger partial charge in [-0.3, -0.25) is 4.31 Å². The third-order valence-corrected chi connectivity index (χ3v) is 7.05. The molecule has 6 nitrogen and oxygen atoms in total. The predicted molar refractivity (Wildman–Crippen MR) is 119 cm³/mol. The van der Waals surface area contributed by atoms with E-state index in [1.54, 1.807) is 14.2 Å². The lowest BCUT2D eigenvalue weighted by Crippen LogP contribution is -2.27. The highest BCUT2D eigenvalue weighted by atomic mass is 32.2. The van der Waals surface area contributed by atoms with E-state index in [1.807, 2.05) is 53.9 Å². The molecule has 3 aromatic rings. The molecule has 0 spiro atoms. The molecule has 154 valence electrons.